The van der Waals surface area contributed by atoms with Crippen molar-refractivity contribution in [1.29, 1.82) is 0 Å². The largest absolute Gasteiger partial charge is 0.518 e. The summed E-state index contributed by atoms with van der Waals surface area (Å²) < 4.78 is 36.6. The minimum absolute atomic E-state index is 0.0311. The second kappa shape index (κ2) is 16.9. The third-order valence-corrected chi connectivity index (χ3v) is 3.40. The number of rotatable bonds is 18. The highest BCUT2D eigenvalue weighted by molar-refractivity contribution is 6.71. The molecular weight excluding hydrogens is 348 g/mol. The van der Waals surface area contributed by atoms with Crippen molar-refractivity contribution < 1.29 is 37.6 Å². The molecule has 0 saturated carbocycles. The molecule has 150 valence electrons. The Balaban J connectivity index is 3.13. The summed E-state index contributed by atoms with van der Waals surface area (Å²) in [7, 11) is -0.192. The highest BCUT2D eigenvalue weighted by atomic mass is 28.4. The van der Waals surface area contributed by atoms with Crippen molar-refractivity contribution in [1.82, 2.24) is 0 Å². The minimum Gasteiger partial charge on any atom is -0.518 e. The van der Waals surface area contributed by atoms with Gasteiger partial charge in [0, 0.05) is 7.11 Å². The van der Waals surface area contributed by atoms with Crippen molar-refractivity contribution >= 4 is 14.3 Å². The van der Waals surface area contributed by atoms with Crippen molar-refractivity contribution in [2.75, 3.05) is 79.8 Å². The summed E-state index contributed by atoms with van der Waals surface area (Å²) in [5.41, 5.74) is 0. The Hall–Kier alpha value is -0.553. The number of hydrogen-bond donors (Lipinski definition) is 0. The molecule has 0 amide bonds. The van der Waals surface area contributed by atoms with E-state index in [0.29, 0.717) is 66.1 Å². The van der Waals surface area contributed by atoms with E-state index < -0.39 is 8.32 Å². The van der Waals surface area contributed by atoms with Crippen molar-refractivity contribution in [2.24, 2.45) is 0 Å². The smallest absolute Gasteiger partial charge is 0.318 e. The molecule has 25 heavy (non-hydrogen) atoms. The van der Waals surface area contributed by atoms with E-state index in [-0.39, 0.29) is 12.6 Å². The van der Waals surface area contributed by atoms with Gasteiger partial charge in [-0.3, -0.25) is 4.79 Å². The second-order valence-corrected chi connectivity index (χ2v) is 10.5. The molecule has 0 aliphatic rings. The van der Waals surface area contributed by atoms with Crippen LogP contribution in [0.2, 0.25) is 19.6 Å². The predicted molar refractivity (Wildman–Crippen MR) is 95.4 cm³/mol. The van der Waals surface area contributed by atoms with Gasteiger partial charge < -0.3 is 32.8 Å². The first-order chi connectivity index (χ1) is 12.0. The Kier molecular flexibility index (Phi) is 16.5. The van der Waals surface area contributed by atoms with Crippen LogP contribution in [0.3, 0.4) is 0 Å². The Morgan fingerprint density at radius 3 is 1.36 bits per heavy atom. The Morgan fingerprint density at radius 1 is 0.640 bits per heavy atom. The molecule has 0 bridgehead atoms. The monoisotopic (exact) mass is 382 g/mol. The first kappa shape index (κ1) is 24.4. The molecule has 0 aliphatic heterocycles. The molecule has 8 nitrogen and oxygen atoms in total. The molecule has 0 unspecified atom stereocenters. The molecule has 0 atom stereocenters. The molecule has 0 rings (SSSR count). The molecule has 0 aromatic rings. The van der Waals surface area contributed by atoms with E-state index in [0.717, 1.165) is 0 Å². The van der Waals surface area contributed by atoms with Gasteiger partial charge >= 0.3 is 5.97 Å². The standard InChI is InChI=1S/C16H34O8Si/c1-18-5-6-19-7-8-20-9-10-21-11-12-22-13-14-23-15-16(17)24-25(2,3)4/h5-15H2,1-4H3. The highest BCUT2D eigenvalue weighted by Crippen LogP contribution is 2.02. The Labute approximate surface area is 152 Å². The summed E-state index contributed by atoms with van der Waals surface area (Å²) in [4.78, 5) is 11.4. The van der Waals surface area contributed by atoms with Gasteiger partial charge in [0.1, 0.15) is 6.61 Å². The lowest BCUT2D eigenvalue weighted by Gasteiger charge is -2.17. The topological polar surface area (TPSA) is 81.7 Å². The van der Waals surface area contributed by atoms with Gasteiger partial charge in [0.15, 0.2) is 0 Å². The first-order valence-corrected chi connectivity index (χ1v) is 12.0. The summed E-state index contributed by atoms with van der Waals surface area (Å²) in [5, 5.41) is 0. The van der Waals surface area contributed by atoms with E-state index in [1.165, 1.54) is 0 Å². The van der Waals surface area contributed by atoms with Crippen molar-refractivity contribution in [3.05, 3.63) is 0 Å². The number of ether oxygens (including phenoxy) is 6. The van der Waals surface area contributed by atoms with Crippen LogP contribution in [0.15, 0.2) is 0 Å². The summed E-state index contributed by atoms with van der Waals surface area (Å²) in [6.07, 6.45) is 0. The lowest BCUT2D eigenvalue weighted by molar-refractivity contribution is -0.140. The lowest BCUT2D eigenvalue weighted by Crippen LogP contribution is -2.31. The third-order valence-electron chi connectivity index (χ3n) is 2.56. The number of hydrogen-bond acceptors (Lipinski definition) is 8. The zero-order valence-corrected chi connectivity index (χ0v) is 17.0. The van der Waals surface area contributed by atoms with Crippen LogP contribution in [0.5, 0.6) is 0 Å². The zero-order valence-electron chi connectivity index (χ0n) is 16.0. The normalized spacial score (nSPS) is 11.7. The maximum absolute atomic E-state index is 11.4. The fourth-order valence-electron chi connectivity index (χ4n) is 1.55. The van der Waals surface area contributed by atoms with Crippen LogP contribution in [0.25, 0.3) is 0 Å². The van der Waals surface area contributed by atoms with Gasteiger partial charge in [0.25, 0.3) is 0 Å². The number of carbonyl (C=O) groups excluding carboxylic acids is 1. The van der Waals surface area contributed by atoms with E-state index in [9.17, 15) is 4.79 Å². The van der Waals surface area contributed by atoms with E-state index in [2.05, 4.69) is 0 Å². The fourth-order valence-corrected chi connectivity index (χ4v) is 2.29. The lowest BCUT2D eigenvalue weighted by atomic mass is 10.7. The van der Waals surface area contributed by atoms with Gasteiger partial charge in [-0.2, -0.15) is 0 Å². The van der Waals surface area contributed by atoms with Crippen LogP contribution in [0.1, 0.15) is 0 Å². The van der Waals surface area contributed by atoms with Crippen LogP contribution in [0, 0.1) is 0 Å². The molecule has 0 spiro atoms. The van der Waals surface area contributed by atoms with Gasteiger partial charge in [-0.1, -0.05) is 0 Å². The fraction of sp³-hybridized carbons (Fsp3) is 0.938. The van der Waals surface area contributed by atoms with Crippen LogP contribution >= 0.6 is 0 Å². The molecule has 0 saturated heterocycles. The SMILES string of the molecule is COCCOCCOCCOCCOCCOCC(=O)O[Si](C)(C)C. The quantitative estimate of drug-likeness (QED) is 0.257. The first-order valence-electron chi connectivity index (χ1n) is 8.55. The molecule has 0 aromatic heterocycles. The summed E-state index contributed by atoms with van der Waals surface area (Å²) in [6.45, 7) is 10.9. The van der Waals surface area contributed by atoms with Gasteiger partial charge in [-0.15, -0.1) is 0 Å². The maximum atomic E-state index is 11.4. The van der Waals surface area contributed by atoms with E-state index in [1.54, 1.807) is 7.11 Å². The summed E-state index contributed by atoms with van der Waals surface area (Å²) in [6, 6.07) is 0. The molecule has 0 heterocycles. The number of methoxy groups -OCH3 is 1. The van der Waals surface area contributed by atoms with E-state index >= 15 is 0 Å². The Morgan fingerprint density at radius 2 is 1.00 bits per heavy atom. The van der Waals surface area contributed by atoms with Gasteiger partial charge in [0.2, 0.25) is 8.32 Å². The maximum Gasteiger partial charge on any atom is 0.318 e. The molecular formula is C16H34O8Si. The van der Waals surface area contributed by atoms with Crippen molar-refractivity contribution in [2.45, 2.75) is 19.6 Å². The molecule has 0 aliphatic carbocycles. The van der Waals surface area contributed by atoms with Crippen LogP contribution in [-0.2, 0) is 37.6 Å². The Bertz CT molecular complexity index is 309. The minimum atomic E-state index is -1.83. The van der Waals surface area contributed by atoms with Gasteiger partial charge in [-0.25, -0.2) is 0 Å². The van der Waals surface area contributed by atoms with Crippen molar-refractivity contribution in [3.8, 4) is 0 Å². The zero-order chi connectivity index (χ0) is 18.8. The van der Waals surface area contributed by atoms with Crippen LogP contribution in [-0.4, -0.2) is 94.1 Å². The van der Waals surface area contributed by atoms with E-state index in [4.69, 9.17) is 32.8 Å². The predicted octanol–water partition coefficient (Wildman–Crippen LogP) is 1.09. The number of carbonyl (C=O) groups is 1. The van der Waals surface area contributed by atoms with Gasteiger partial charge in [0.05, 0.1) is 66.1 Å². The van der Waals surface area contributed by atoms with Crippen LogP contribution in [0.4, 0.5) is 0 Å². The molecule has 0 radical (unpaired) electrons. The van der Waals surface area contributed by atoms with Crippen molar-refractivity contribution in [3.63, 3.8) is 0 Å². The molecule has 0 fully saturated rings. The second-order valence-electron chi connectivity index (χ2n) is 6.08. The summed E-state index contributed by atoms with van der Waals surface area (Å²) in [5.74, 6) is -0.313. The molecule has 0 aromatic carbocycles. The average Bonchev–Trinajstić information content (AvgIpc) is 2.53. The van der Waals surface area contributed by atoms with Gasteiger partial charge in [-0.05, 0) is 19.6 Å². The molecule has 9 heteroatoms. The summed E-state index contributed by atoms with van der Waals surface area (Å²) >= 11 is 0. The average molecular weight is 383 g/mol. The van der Waals surface area contributed by atoms with E-state index in [1.807, 2.05) is 19.6 Å². The molecule has 0 N–H and O–H groups in total. The van der Waals surface area contributed by atoms with Crippen LogP contribution < -0.4 is 0 Å². The third kappa shape index (κ3) is 21.4. The highest BCUT2D eigenvalue weighted by Gasteiger charge is 2.19.